The number of rotatable bonds is 11. The maximum absolute atomic E-state index is 12.7. The monoisotopic (exact) mass is 449 g/mol. The molecule has 178 valence electrons. The molecule has 3 rings (SSSR count). The van der Waals surface area contributed by atoms with Gasteiger partial charge in [-0.1, -0.05) is 43.7 Å². The van der Waals surface area contributed by atoms with Gasteiger partial charge in [-0.2, -0.15) is 0 Å². The maximum Gasteiger partial charge on any atom is 0.222 e. The van der Waals surface area contributed by atoms with Gasteiger partial charge in [0.25, 0.3) is 0 Å². The average molecular weight is 450 g/mol. The van der Waals surface area contributed by atoms with Crippen molar-refractivity contribution in [2.75, 3.05) is 20.2 Å². The Hall–Kier alpha value is -2.53. The van der Waals surface area contributed by atoms with E-state index in [0.29, 0.717) is 18.9 Å². The molecule has 1 saturated carbocycles. The van der Waals surface area contributed by atoms with Crippen LogP contribution in [-0.2, 0) is 9.53 Å². The summed E-state index contributed by atoms with van der Waals surface area (Å²) in [5, 5.41) is 0. The molecule has 0 saturated heterocycles. The highest BCUT2D eigenvalue weighted by Crippen LogP contribution is 2.39. The van der Waals surface area contributed by atoms with Gasteiger partial charge in [-0.25, -0.2) is 9.97 Å². The van der Waals surface area contributed by atoms with Crippen molar-refractivity contribution < 1.29 is 9.53 Å². The molecule has 0 spiro atoms. The quantitative estimate of drug-likeness (QED) is 0.412. The Labute approximate surface area is 199 Å². The van der Waals surface area contributed by atoms with E-state index in [9.17, 15) is 4.79 Å². The van der Waals surface area contributed by atoms with Crippen LogP contribution in [0.25, 0.3) is 17.0 Å². The van der Waals surface area contributed by atoms with Gasteiger partial charge in [0.05, 0.1) is 5.60 Å². The van der Waals surface area contributed by atoms with Crippen molar-refractivity contribution in [1.29, 1.82) is 0 Å². The number of carbonyl (C=O) groups excluding carboxylic acids is 1. The lowest BCUT2D eigenvalue weighted by Crippen LogP contribution is -2.27. The molecule has 0 unspecified atom stereocenters. The summed E-state index contributed by atoms with van der Waals surface area (Å²) >= 11 is 0. The maximum atomic E-state index is 12.7. The number of allylic oxidation sites excluding steroid dienone is 1. The van der Waals surface area contributed by atoms with Crippen LogP contribution in [0.1, 0.15) is 71.3 Å². The first-order valence-corrected chi connectivity index (χ1v) is 12.4. The fourth-order valence-corrected chi connectivity index (χ4v) is 4.83. The topological polar surface area (TPSA) is 55.3 Å². The van der Waals surface area contributed by atoms with Crippen LogP contribution in [0.4, 0.5) is 0 Å². The Balaban J connectivity index is 1.55. The second-order valence-electron chi connectivity index (χ2n) is 9.43. The average Bonchev–Trinajstić information content (AvgIpc) is 3.21. The van der Waals surface area contributed by atoms with E-state index in [0.717, 1.165) is 56.5 Å². The van der Waals surface area contributed by atoms with E-state index in [1.807, 2.05) is 18.0 Å². The van der Waals surface area contributed by atoms with Crippen LogP contribution in [0.3, 0.4) is 0 Å². The Morgan fingerprint density at radius 1 is 1.18 bits per heavy atom. The van der Waals surface area contributed by atoms with Crippen molar-refractivity contribution in [3.63, 3.8) is 0 Å². The van der Waals surface area contributed by atoms with Crippen molar-refractivity contribution in [2.24, 2.45) is 5.92 Å². The Morgan fingerprint density at radius 3 is 2.58 bits per heavy atom. The number of nitrogens with zero attached hydrogens (tertiary/aromatic N) is 3. The molecule has 1 aromatic heterocycles. The van der Waals surface area contributed by atoms with E-state index >= 15 is 0 Å². The van der Waals surface area contributed by atoms with Gasteiger partial charge in [-0.15, -0.1) is 0 Å². The van der Waals surface area contributed by atoms with Crippen LogP contribution >= 0.6 is 0 Å². The van der Waals surface area contributed by atoms with Crippen molar-refractivity contribution in [3.05, 3.63) is 54.4 Å². The molecule has 1 heterocycles. The van der Waals surface area contributed by atoms with Crippen LogP contribution in [0.2, 0.25) is 0 Å². The minimum atomic E-state index is 0.00828. The summed E-state index contributed by atoms with van der Waals surface area (Å²) in [6, 6.07) is 10.2. The smallest absolute Gasteiger partial charge is 0.222 e. The standard InChI is InChI=1S/C28H39N3O2/c1-5-8-23(24-10-12-25(13-11-24)27-29-18-7-19-30-27)16-20-31(4)26(32)14-9-22-15-17-28(3,21-22)33-6-2/h7,10-13,16,18-19,22H,5-6,8-9,14-15,17,20-21H2,1-4H3/b23-16+/t22-,28+/m1/s1. The lowest BCUT2D eigenvalue weighted by Gasteiger charge is -2.24. The van der Waals surface area contributed by atoms with Gasteiger partial charge in [0.2, 0.25) is 5.91 Å². The van der Waals surface area contributed by atoms with Crippen LogP contribution in [0.5, 0.6) is 0 Å². The highest BCUT2D eigenvalue weighted by Gasteiger charge is 2.35. The Bertz CT molecular complexity index is 910. The highest BCUT2D eigenvalue weighted by atomic mass is 16.5. The van der Waals surface area contributed by atoms with Gasteiger partial charge in [0, 0.05) is 44.6 Å². The summed E-state index contributed by atoms with van der Waals surface area (Å²) in [7, 11) is 1.91. The third-order valence-electron chi connectivity index (χ3n) is 6.70. The second kappa shape index (κ2) is 12.1. The zero-order valence-corrected chi connectivity index (χ0v) is 20.7. The number of amides is 1. The molecule has 5 heteroatoms. The Kier molecular flexibility index (Phi) is 9.19. The van der Waals surface area contributed by atoms with E-state index < -0.39 is 0 Å². The largest absolute Gasteiger partial charge is 0.376 e. The molecule has 1 aliphatic carbocycles. The van der Waals surface area contributed by atoms with E-state index in [2.05, 4.69) is 61.1 Å². The van der Waals surface area contributed by atoms with Crippen LogP contribution in [0, 0.1) is 5.92 Å². The molecule has 0 aliphatic heterocycles. The number of carbonyl (C=O) groups is 1. The fourth-order valence-electron chi connectivity index (χ4n) is 4.83. The minimum absolute atomic E-state index is 0.00828. The summed E-state index contributed by atoms with van der Waals surface area (Å²) in [4.78, 5) is 23.3. The lowest BCUT2D eigenvalue weighted by atomic mass is 9.98. The zero-order chi connectivity index (χ0) is 23.7. The molecule has 2 aromatic rings. The number of hydrogen-bond acceptors (Lipinski definition) is 4. The first-order chi connectivity index (χ1) is 15.9. The van der Waals surface area contributed by atoms with Gasteiger partial charge in [-0.05, 0) is 69.1 Å². The van der Waals surface area contributed by atoms with Gasteiger partial charge in [0.15, 0.2) is 5.82 Å². The molecule has 1 aliphatic rings. The second-order valence-corrected chi connectivity index (χ2v) is 9.43. The van der Waals surface area contributed by atoms with Gasteiger partial charge >= 0.3 is 0 Å². The summed E-state index contributed by atoms with van der Waals surface area (Å²) in [6.45, 7) is 7.86. The molecule has 1 fully saturated rings. The van der Waals surface area contributed by atoms with Crippen molar-refractivity contribution >= 4 is 11.5 Å². The minimum Gasteiger partial charge on any atom is -0.376 e. The molecule has 1 aromatic carbocycles. The molecule has 33 heavy (non-hydrogen) atoms. The normalized spacial score (nSPS) is 20.7. The molecule has 1 amide bonds. The van der Waals surface area contributed by atoms with Crippen molar-refractivity contribution in [3.8, 4) is 11.4 Å². The van der Waals surface area contributed by atoms with E-state index in [4.69, 9.17) is 4.74 Å². The summed E-state index contributed by atoms with van der Waals surface area (Å²) in [5.41, 5.74) is 3.49. The fraction of sp³-hybridized carbons (Fsp3) is 0.536. The third-order valence-corrected chi connectivity index (χ3v) is 6.70. The number of aromatic nitrogens is 2. The van der Waals surface area contributed by atoms with E-state index in [1.54, 1.807) is 12.4 Å². The number of benzene rings is 1. The first-order valence-electron chi connectivity index (χ1n) is 12.4. The zero-order valence-electron chi connectivity index (χ0n) is 20.7. The molecule has 5 nitrogen and oxygen atoms in total. The SMILES string of the molecule is CCC/C(=C\CN(C)C(=O)CC[C@@H]1CC[C@](C)(OCC)C1)c1ccc(-c2ncccn2)cc1. The molecular weight excluding hydrogens is 410 g/mol. The predicted octanol–water partition coefficient (Wildman–Crippen LogP) is 6.16. The third kappa shape index (κ3) is 7.23. The van der Waals surface area contributed by atoms with Gasteiger partial charge in [0.1, 0.15) is 0 Å². The van der Waals surface area contributed by atoms with Crippen molar-refractivity contribution in [1.82, 2.24) is 14.9 Å². The van der Waals surface area contributed by atoms with Crippen LogP contribution < -0.4 is 0 Å². The van der Waals surface area contributed by atoms with Crippen LogP contribution in [-0.4, -0.2) is 46.6 Å². The molecular formula is C28H39N3O2. The predicted molar refractivity (Wildman–Crippen MR) is 135 cm³/mol. The van der Waals surface area contributed by atoms with Gasteiger partial charge < -0.3 is 9.64 Å². The number of likely N-dealkylation sites (N-methyl/N-ethyl adjacent to an activating group) is 1. The van der Waals surface area contributed by atoms with Gasteiger partial charge in [-0.3, -0.25) is 4.79 Å². The molecule has 0 N–H and O–H groups in total. The summed E-state index contributed by atoms with van der Waals surface area (Å²) in [6.07, 6.45) is 12.7. The van der Waals surface area contributed by atoms with Crippen LogP contribution in [0.15, 0.2) is 48.8 Å². The number of ether oxygens (including phenoxy) is 1. The van der Waals surface area contributed by atoms with Crippen molar-refractivity contribution in [2.45, 2.75) is 71.3 Å². The molecule has 0 bridgehead atoms. The summed E-state index contributed by atoms with van der Waals surface area (Å²) < 4.78 is 5.93. The summed E-state index contributed by atoms with van der Waals surface area (Å²) in [5.74, 6) is 1.56. The molecule has 2 atom stereocenters. The highest BCUT2D eigenvalue weighted by molar-refractivity contribution is 5.76. The first kappa shape index (κ1) is 25.1. The lowest BCUT2D eigenvalue weighted by molar-refractivity contribution is -0.129. The van der Waals surface area contributed by atoms with E-state index in [1.165, 1.54) is 11.1 Å². The number of hydrogen-bond donors (Lipinski definition) is 0. The Morgan fingerprint density at radius 2 is 1.91 bits per heavy atom. The van der Waals surface area contributed by atoms with E-state index in [-0.39, 0.29) is 11.5 Å². The molecule has 0 radical (unpaired) electrons.